The standard InChI is InChI=1S/C30H40N/c1-5-9-25-30(27-21-15-11-16-22-27,28-23-17-12-18-24-28)29(26-19-13-10-14-20-26)31(6-2,7-3)8-4/h10-24,29H,5-9,25H2,1-4H3/q+1. The van der Waals surface area contributed by atoms with E-state index in [1.54, 1.807) is 0 Å². The third kappa shape index (κ3) is 4.48. The minimum atomic E-state index is -0.0814. The lowest BCUT2D eigenvalue weighted by molar-refractivity contribution is -0.956. The number of nitrogens with zero attached hydrogens (tertiary/aromatic N) is 1. The average Bonchev–Trinajstić information content (AvgIpc) is 2.86. The maximum Gasteiger partial charge on any atom is 0.129 e. The largest absolute Gasteiger partial charge is 0.317 e. The zero-order valence-electron chi connectivity index (χ0n) is 19.9. The highest BCUT2D eigenvalue weighted by molar-refractivity contribution is 5.44. The van der Waals surface area contributed by atoms with Crippen LogP contribution in [-0.4, -0.2) is 24.1 Å². The maximum atomic E-state index is 2.38. The third-order valence-electron chi connectivity index (χ3n) is 7.52. The number of unbranched alkanes of at least 4 members (excludes halogenated alkanes) is 1. The molecule has 0 amide bonds. The van der Waals surface area contributed by atoms with E-state index in [4.69, 9.17) is 0 Å². The molecule has 1 nitrogen and oxygen atoms in total. The maximum absolute atomic E-state index is 2.38. The summed E-state index contributed by atoms with van der Waals surface area (Å²) < 4.78 is 1.08. The SMILES string of the molecule is CCCCC(c1ccccc1)(c1ccccc1)C(c1ccccc1)[N+](CC)(CC)CC. The summed E-state index contributed by atoms with van der Waals surface area (Å²) in [7, 11) is 0. The second-order valence-electron chi connectivity index (χ2n) is 8.79. The molecule has 3 rings (SSSR count). The van der Waals surface area contributed by atoms with Gasteiger partial charge >= 0.3 is 0 Å². The smallest absolute Gasteiger partial charge is 0.129 e. The van der Waals surface area contributed by atoms with Crippen LogP contribution in [0.15, 0.2) is 91.0 Å². The summed E-state index contributed by atoms with van der Waals surface area (Å²) >= 11 is 0. The van der Waals surface area contributed by atoms with Crippen molar-refractivity contribution in [2.24, 2.45) is 0 Å². The molecule has 0 fully saturated rings. The van der Waals surface area contributed by atoms with Crippen molar-refractivity contribution in [1.82, 2.24) is 0 Å². The molecule has 0 N–H and O–H groups in total. The lowest BCUT2D eigenvalue weighted by Crippen LogP contribution is -2.58. The van der Waals surface area contributed by atoms with E-state index < -0.39 is 0 Å². The minimum Gasteiger partial charge on any atom is -0.317 e. The van der Waals surface area contributed by atoms with Crippen LogP contribution in [0, 0.1) is 0 Å². The molecule has 0 radical (unpaired) electrons. The molecule has 0 saturated carbocycles. The van der Waals surface area contributed by atoms with Crippen LogP contribution in [0.3, 0.4) is 0 Å². The summed E-state index contributed by atoms with van der Waals surface area (Å²) in [6, 6.07) is 34.3. The Morgan fingerprint density at radius 3 is 1.42 bits per heavy atom. The van der Waals surface area contributed by atoms with Crippen molar-refractivity contribution >= 4 is 0 Å². The average molecular weight is 415 g/mol. The number of hydrogen-bond donors (Lipinski definition) is 0. The van der Waals surface area contributed by atoms with Gasteiger partial charge in [0, 0.05) is 5.56 Å². The van der Waals surface area contributed by atoms with Gasteiger partial charge in [0.1, 0.15) is 6.04 Å². The number of likely N-dealkylation sites (N-methyl/N-ethyl adjacent to an activating group) is 1. The molecule has 31 heavy (non-hydrogen) atoms. The zero-order valence-corrected chi connectivity index (χ0v) is 19.9. The van der Waals surface area contributed by atoms with Gasteiger partial charge in [-0.15, -0.1) is 0 Å². The molecule has 0 aliphatic rings. The molecule has 0 saturated heterocycles. The Morgan fingerprint density at radius 1 is 0.613 bits per heavy atom. The van der Waals surface area contributed by atoms with Gasteiger partial charge in [-0.2, -0.15) is 0 Å². The topological polar surface area (TPSA) is 0 Å². The van der Waals surface area contributed by atoms with Gasteiger partial charge < -0.3 is 4.48 Å². The fourth-order valence-electron chi connectivity index (χ4n) is 5.76. The first-order valence-electron chi connectivity index (χ1n) is 12.2. The zero-order chi connectivity index (χ0) is 22.2. The van der Waals surface area contributed by atoms with E-state index >= 15 is 0 Å². The Hall–Kier alpha value is -2.38. The highest BCUT2D eigenvalue weighted by Gasteiger charge is 2.52. The van der Waals surface area contributed by atoms with Crippen LogP contribution >= 0.6 is 0 Å². The predicted molar refractivity (Wildman–Crippen MR) is 134 cm³/mol. The molecule has 0 heterocycles. The number of quaternary nitrogens is 1. The van der Waals surface area contributed by atoms with Crippen molar-refractivity contribution in [3.05, 3.63) is 108 Å². The van der Waals surface area contributed by atoms with Crippen molar-refractivity contribution in [3.8, 4) is 0 Å². The first-order valence-corrected chi connectivity index (χ1v) is 12.2. The summed E-state index contributed by atoms with van der Waals surface area (Å²) in [6.07, 6.45) is 3.56. The van der Waals surface area contributed by atoms with Gasteiger partial charge in [0.2, 0.25) is 0 Å². The van der Waals surface area contributed by atoms with Crippen molar-refractivity contribution in [1.29, 1.82) is 0 Å². The lowest BCUT2D eigenvalue weighted by atomic mass is 9.63. The fourth-order valence-corrected chi connectivity index (χ4v) is 5.76. The summed E-state index contributed by atoms with van der Waals surface area (Å²) in [5.74, 6) is 0. The van der Waals surface area contributed by atoms with E-state index in [1.807, 2.05) is 0 Å². The van der Waals surface area contributed by atoms with E-state index in [-0.39, 0.29) is 5.41 Å². The summed E-state index contributed by atoms with van der Waals surface area (Å²) in [6.45, 7) is 12.8. The third-order valence-corrected chi connectivity index (χ3v) is 7.52. The molecule has 164 valence electrons. The molecule has 1 unspecified atom stereocenters. The molecule has 0 spiro atoms. The van der Waals surface area contributed by atoms with E-state index in [0.29, 0.717) is 6.04 Å². The van der Waals surface area contributed by atoms with Gasteiger partial charge in [-0.25, -0.2) is 0 Å². The van der Waals surface area contributed by atoms with Crippen molar-refractivity contribution in [2.45, 2.75) is 58.4 Å². The summed E-state index contributed by atoms with van der Waals surface area (Å²) in [5.41, 5.74) is 4.27. The Morgan fingerprint density at radius 2 is 1.03 bits per heavy atom. The van der Waals surface area contributed by atoms with Crippen molar-refractivity contribution in [2.75, 3.05) is 19.6 Å². The first kappa shape index (κ1) is 23.3. The predicted octanol–water partition coefficient (Wildman–Crippen LogP) is 7.78. The highest BCUT2D eigenvalue weighted by Crippen LogP contribution is 2.52. The summed E-state index contributed by atoms with van der Waals surface area (Å²) in [4.78, 5) is 0. The normalized spacial score (nSPS) is 13.2. The van der Waals surface area contributed by atoms with Gasteiger partial charge in [0.25, 0.3) is 0 Å². The molecule has 0 bridgehead atoms. The molecular weight excluding hydrogens is 374 g/mol. The Balaban J connectivity index is 2.42. The molecule has 0 aliphatic carbocycles. The molecule has 0 aliphatic heterocycles. The first-order chi connectivity index (χ1) is 15.2. The molecule has 0 aromatic heterocycles. The molecule has 3 aromatic carbocycles. The number of benzene rings is 3. The van der Waals surface area contributed by atoms with Gasteiger partial charge in [0.05, 0.1) is 25.0 Å². The van der Waals surface area contributed by atoms with Crippen LogP contribution in [0.5, 0.6) is 0 Å². The second-order valence-corrected chi connectivity index (χ2v) is 8.79. The Bertz CT molecular complexity index is 834. The quantitative estimate of drug-likeness (QED) is 0.281. The van der Waals surface area contributed by atoms with Crippen LogP contribution < -0.4 is 0 Å². The lowest BCUT2D eigenvalue weighted by Gasteiger charge is -2.53. The van der Waals surface area contributed by atoms with Crippen molar-refractivity contribution < 1.29 is 4.48 Å². The fraction of sp³-hybridized carbons (Fsp3) is 0.400. The van der Waals surface area contributed by atoms with Gasteiger partial charge in [-0.05, 0) is 38.3 Å². The molecule has 3 aromatic rings. The minimum absolute atomic E-state index is 0.0814. The Labute approximate surface area is 190 Å². The van der Waals surface area contributed by atoms with Crippen molar-refractivity contribution in [3.63, 3.8) is 0 Å². The highest BCUT2D eigenvalue weighted by atomic mass is 15.4. The van der Waals surface area contributed by atoms with E-state index in [0.717, 1.165) is 30.5 Å². The van der Waals surface area contributed by atoms with E-state index in [9.17, 15) is 0 Å². The van der Waals surface area contributed by atoms with E-state index in [1.165, 1.54) is 29.5 Å². The molecule has 1 atom stereocenters. The Kier molecular flexibility index (Phi) is 8.09. The van der Waals surface area contributed by atoms with E-state index in [2.05, 4.69) is 119 Å². The van der Waals surface area contributed by atoms with Gasteiger partial charge in [0.15, 0.2) is 0 Å². The number of rotatable bonds is 11. The van der Waals surface area contributed by atoms with Crippen LogP contribution in [-0.2, 0) is 5.41 Å². The molecular formula is C30H40N+. The number of hydrogen-bond acceptors (Lipinski definition) is 0. The summed E-state index contributed by atoms with van der Waals surface area (Å²) in [5, 5.41) is 0. The van der Waals surface area contributed by atoms with Gasteiger partial charge in [-0.1, -0.05) is 111 Å². The second kappa shape index (κ2) is 10.8. The van der Waals surface area contributed by atoms with Gasteiger partial charge in [-0.3, -0.25) is 0 Å². The van der Waals surface area contributed by atoms with Crippen LogP contribution in [0.25, 0.3) is 0 Å². The monoisotopic (exact) mass is 414 g/mol. The van der Waals surface area contributed by atoms with Crippen LogP contribution in [0.2, 0.25) is 0 Å². The molecule has 1 heteroatoms. The van der Waals surface area contributed by atoms with Crippen LogP contribution in [0.4, 0.5) is 0 Å². The van der Waals surface area contributed by atoms with Crippen LogP contribution in [0.1, 0.15) is 69.7 Å².